The van der Waals surface area contributed by atoms with Crippen LogP contribution in [0.2, 0.25) is 0 Å². The van der Waals surface area contributed by atoms with E-state index in [1.165, 1.54) is 12.1 Å². The van der Waals surface area contributed by atoms with Crippen LogP contribution in [-0.2, 0) is 9.53 Å². The molecule has 6 nitrogen and oxygen atoms in total. The first-order valence-corrected chi connectivity index (χ1v) is 10.7. The summed E-state index contributed by atoms with van der Waals surface area (Å²) in [6.45, 7) is 2.01. The van der Waals surface area contributed by atoms with Crippen LogP contribution >= 0.6 is 0 Å². The summed E-state index contributed by atoms with van der Waals surface area (Å²) in [5.74, 6) is -0.738. The zero-order valence-corrected chi connectivity index (χ0v) is 18.1. The monoisotopic (exact) mass is 445 g/mol. The third-order valence-electron chi connectivity index (χ3n) is 5.26. The molecule has 4 aromatic rings. The van der Waals surface area contributed by atoms with E-state index < -0.39 is 18.0 Å². The molecule has 33 heavy (non-hydrogen) atoms. The molecule has 2 amide bonds. The maximum absolute atomic E-state index is 13.5. The number of para-hydroxylation sites is 1. The molecule has 0 aliphatic rings. The van der Waals surface area contributed by atoms with Gasteiger partial charge in [0, 0.05) is 16.5 Å². The van der Waals surface area contributed by atoms with E-state index in [4.69, 9.17) is 4.74 Å². The lowest BCUT2D eigenvalue weighted by Gasteiger charge is -2.19. The minimum Gasteiger partial charge on any atom is -0.466 e. The number of amides is 2. The van der Waals surface area contributed by atoms with E-state index >= 15 is 0 Å². The molecule has 1 atom stereocenters. The number of carbonyl (C=O) groups is 2. The van der Waals surface area contributed by atoms with Gasteiger partial charge in [-0.05, 0) is 42.8 Å². The lowest BCUT2D eigenvalue weighted by Crippen LogP contribution is -2.34. The summed E-state index contributed by atoms with van der Waals surface area (Å²) >= 11 is 0. The maximum atomic E-state index is 13.5. The topological polar surface area (TPSA) is 83.2 Å². The van der Waals surface area contributed by atoms with Crippen LogP contribution in [0, 0.1) is 5.82 Å². The van der Waals surface area contributed by atoms with Crippen molar-refractivity contribution in [1.82, 2.24) is 10.3 Å². The van der Waals surface area contributed by atoms with Crippen LogP contribution in [-0.4, -0.2) is 23.6 Å². The van der Waals surface area contributed by atoms with Gasteiger partial charge in [-0.1, -0.05) is 48.5 Å². The van der Waals surface area contributed by atoms with E-state index in [0.717, 1.165) is 22.0 Å². The molecule has 0 saturated heterocycles. The summed E-state index contributed by atoms with van der Waals surface area (Å²) in [6.07, 6.45) is 0.00395. The number of carbonyl (C=O) groups excluding carboxylic acids is 2. The van der Waals surface area contributed by atoms with Gasteiger partial charge in [0.25, 0.3) is 0 Å². The number of hydrogen-bond acceptors (Lipinski definition) is 3. The van der Waals surface area contributed by atoms with Gasteiger partial charge in [-0.3, -0.25) is 4.79 Å². The van der Waals surface area contributed by atoms with Crippen molar-refractivity contribution in [2.45, 2.75) is 19.4 Å². The molecular weight excluding hydrogens is 421 g/mol. The largest absolute Gasteiger partial charge is 0.466 e. The number of nitrogens with one attached hydrogen (secondary N) is 3. The predicted molar refractivity (Wildman–Crippen MR) is 126 cm³/mol. The number of aromatic amines is 1. The van der Waals surface area contributed by atoms with Crippen LogP contribution < -0.4 is 10.6 Å². The molecule has 0 bridgehead atoms. The van der Waals surface area contributed by atoms with Crippen molar-refractivity contribution < 1.29 is 18.7 Å². The zero-order chi connectivity index (χ0) is 23.2. The molecule has 0 aliphatic carbocycles. The Morgan fingerprint density at radius 1 is 0.970 bits per heavy atom. The minimum absolute atomic E-state index is 0.00395. The highest BCUT2D eigenvalue weighted by Gasteiger charge is 2.21. The highest BCUT2D eigenvalue weighted by molar-refractivity contribution is 6.07. The molecule has 7 heteroatoms. The van der Waals surface area contributed by atoms with Crippen LogP contribution in [0.25, 0.3) is 22.2 Å². The van der Waals surface area contributed by atoms with Crippen molar-refractivity contribution in [2.24, 2.45) is 0 Å². The summed E-state index contributed by atoms with van der Waals surface area (Å²) in [7, 11) is 0. The standard InChI is InChI=1S/C26H24FN3O3/c1-2-33-23(31)16-22(17-8-4-3-5-9-17)29-26(32)30-25-20-10-6-7-11-21(20)28-24(25)18-12-14-19(27)15-13-18/h3-15,22,28H,2,16H2,1H3,(H2,29,30,32)/t22-/m0/s1. The Morgan fingerprint density at radius 3 is 2.39 bits per heavy atom. The van der Waals surface area contributed by atoms with Crippen LogP contribution in [0.4, 0.5) is 14.9 Å². The Labute approximate surface area is 190 Å². The van der Waals surface area contributed by atoms with Gasteiger partial charge in [-0.2, -0.15) is 0 Å². The summed E-state index contributed by atoms with van der Waals surface area (Å²) in [6, 6.07) is 21.8. The van der Waals surface area contributed by atoms with Crippen LogP contribution in [0.15, 0.2) is 78.9 Å². The Hall–Kier alpha value is -4.13. The molecule has 4 rings (SSSR count). The number of hydrogen-bond donors (Lipinski definition) is 3. The highest BCUT2D eigenvalue weighted by atomic mass is 19.1. The second-order valence-electron chi connectivity index (χ2n) is 7.50. The smallest absolute Gasteiger partial charge is 0.319 e. The minimum atomic E-state index is -0.565. The number of benzene rings is 3. The fourth-order valence-electron chi connectivity index (χ4n) is 3.74. The summed E-state index contributed by atoms with van der Waals surface area (Å²) in [4.78, 5) is 28.5. The normalized spacial score (nSPS) is 11.7. The SMILES string of the molecule is CCOC(=O)C[C@H](NC(=O)Nc1c(-c2ccc(F)cc2)[nH]c2ccccc12)c1ccccc1. The van der Waals surface area contributed by atoms with Crippen molar-refractivity contribution in [3.05, 3.63) is 90.2 Å². The fraction of sp³-hybridized carbons (Fsp3) is 0.154. The number of rotatable bonds is 7. The Bertz CT molecular complexity index is 1250. The first kappa shape index (κ1) is 22.1. The Kier molecular flexibility index (Phi) is 6.69. The molecule has 1 heterocycles. The Morgan fingerprint density at radius 2 is 1.67 bits per heavy atom. The first-order valence-electron chi connectivity index (χ1n) is 10.7. The van der Waals surface area contributed by atoms with Crippen LogP contribution in [0.5, 0.6) is 0 Å². The molecule has 3 N–H and O–H groups in total. The first-order chi connectivity index (χ1) is 16.0. The number of esters is 1. The quantitative estimate of drug-likeness (QED) is 0.315. The van der Waals surface area contributed by atoms with Gasteiger partial charge in [-0.15, -0.1) is 0 Å². The number of ether oxygens (including phenoxy) is 1. The summed E-state index contributed by atoms with van der Waals surface area (Å²) in [5.41, 5.74) is 3.58. The third kappa shape index (κ3) is 5.20. The van der Waals surface area contributed by atoms with E-state index in [9.17, 15) is 14.0 Å². The van der Waals surface area contributed by atoms with Gasteiger partial charge in [0.15, 0.2) is 0 Å². The third-order valence-corrected chi connectivity index (χ3v) is 5.26. The molecule has 0 spiro atoms. The lowest BCUT2D eigenvalue weighted by molar-refractivity contribution is -0.143. The van der Waals surface area contributed by atoms with Gasteiger partial charge in [0.05, 0.1) is 30.5 Å². The summed E-state index contributed by atoms with van der Waals surface area (Å²) in [5, 5.41) is 6.63. The second-order valence-corrected chi connectivity index (χ2v) is 7.50. The van der Waals surface area contributed by atoms with Gasteiger partial charge in [-0.25, -0.2) is 9.18 Å². The molecule has 168 valence electrons. The molecule has 0 unspecified atom stereocenters. The molecule has 0 saturated carbocycles. The van der Waals surface area contributed by atoms with E-state index in [1.54, 1.807) is 19.1 Å². The summed E-state index contributed by atoms with van der Waals surface area (Å²) < 4.78 is 18.5. The van der Waals surface area contributed by atoms with Crippen molar-refractivity contribution in [1.29, 1.82) is 0 Å². The van der Waals surface area contributed by atoms with Gasteiger partial charge in [0.2, 0.25) is 0 Å². The van der Waals surface area contributed by atoms with E-state index in [1.807, 2.05) is 54.6 Å². The second kappa shape index (κ2) is 9.99. The number of aromatic nitrogens is 1. The van der Waals surface area contributed by atoms with Gasteiger partial charge < -0.3 is 20.4 Å². The Balaban J connectivity index is 1.63. The maximum Gasteiger partial charge on any atom is 0.319 e. The van der Waals surface area contributed by atoms with Crippen molar-refractivity contribution >= 4 is 28.6 Å². The zero-order valence-electron chi connectivity index (χ0n) is 18.1. The van der Waals surface area contributed by atoms with Gasteiger partial charge >= 0.3 is 12.0 Å². The number of H-pyrrole nitrogens is 1. The van der Waals surface area contributed by atoms with Crippen molar-refractivity contribution in [3.63, 3.8) is 0 Å². The molecule has 0 fully saturated rings. The number of halogens is 1. The van der Waals surface area contributed by atoms with Gasteiger partial charge in [0.1, 0.15) is 5.82 Å². The van der Waals surface area contributed by atoms with E-state index in [0.29, 0.717) is 11.4 Å². The van der Waals surface area contributed by atoms with E-state index in [2.05, 4.69) is 15.6 Å². The number of fused-ring (bicyclic) bond motifs is 1. The van der Waals surface area contributed by atoms with E-state index in [-0.39, 0.29) is 18.8 Å². The molecule has 3 aromatic carbocycles. The number of anilines is 1. The highest BCUT2D eigenvalue weighted by Crippen LogP contribution is 2.35. The molecule has 0 radical (unpaired) electrons. The molecule has 0 aliphatic heterocycles. The van der Waals surface area contributed by atoms with Crippen molar-refractivity contribution in [2.75, 3.05) is 11.9 Å². The molecule has 1 aromatic heterocycles. The lowest BCUT2D eigenvalue weighted by atomic mass is 10.0. The fourth-order valence-corrected chi connectivity index (χ4v) is 3.74. The molecular formula is C26H24FN3O3. The van der Waals surface area contributed by atoms with Crippen LogP contribution in [0.1, 0.15) is 24.9 Å². The number of urea groups is 1. The van der Waals surface area contributed by atoms with Crippen molar-refractivity contribution in [3.8, 4) is 11.3 Å². The average molecular weight is 445 g/mol. The van der Waals surface area contributed by atoms with Crippen LogP contribution in [0.3, 0.4) is 0 Å². The average Bonchev–Trinajstić information content (AvgIpc) is 3.18. The predicted octanol–water partition coefficient (Wildman–Crippen LogP) is 5.79.